The molecule has 1 amide bonds. The zero-order valence-corrected chi connectivity index (χ0v) is 19.8. The molecule has 2 N–H and O–H groups in total. The summed E-state index contributed by atoms with van der Waals surface area (Å²) in [5.41, 5.74) is 1.83. The first-order chi connectivity index (χ1) is 15.7. The number of anilines is 2. The molecule has 10 heteroatoms. The molecule has 1 aromatic carbocycles. The predicted octanol–water partition coefficient (Wildman–Crippen LogP) is 3.95. The number of imidazole rings is 1. The Hall–Kier alpha value is -3.53. The van der Waals surface area contributed by atoms with Crippen LogP contribution in [0.4, 0.5) is 15.3 Å². The number of pyridine rings is 1. The minimum atomic E-state index is -0.323. The zero-order valence-electron chi connectivity index (χ0n) is 19.0. The van der Waals surface area contributed by atoms with Crippen molar-refractivity contribution in [2.45, 2.75) is 32.9 Å². The van der Waals surface area contributed by atoms with Gasteiger partial charge < -0.3 is 15.5 Å². The second-order valence-corrected chi connectivity index (χ2v) is 9.66. The van der Waals surface area contributed by atoms with Gasteiger partial charge in [-0.1, -0.05) is 29.5 Å². The Morgan fingerprint density at radius 1 is 1.21 bits per heavy atom. The summed E-state index contributed by atoms with van der Waals surface area (Å²) in [6, 6.07) is 11.9. The quantitative estimate of drug-likeness (QED) is 0.428. The van der Waals surface area contributed by atoms with Crippen molar-refractivity contribution in [2.75, 3.05) is 23.8 Å². The summed E-state index contributed by atoms with van der Waals surface area (Å²) in [5.74, 6) is 0.221. The van der Waals surface area contributed by atoms with E-state index >= 15 is 0 Å². The third-order valence-electron chi connectivity index (χ3n) is 4.68. The zero-order chi connectivity index (χ0) is 23.6. The van der Waals surface area contributed by atoms with Crippen LogP contribution < -0.4 is 15.5 Å². The summed E-state index contributed by atoms with van der Waals surface area (Å²) < 4.78 is 15.6. The number of fused-ring (bicyclic) bond motifs is 1. The number of amides is 1. The monoisotopic (exact) mass is 467 g/mol. The van der Waals surface area contributed by atoms with Crippen LogP contribution in [-0.2, 0) is 11.3 Å². The molecule has 0 aliphatic heterocycles. The van der Waals surface area contributed by atoms with E-state index in [0.717, 1.165) is 5.69 Å². The second-order valence-electron chi connectivity index (χ2n) is 8.73. The number of aromatic nitrogens is 4. The number of benzene rings is 1. The summed E-state index contributed by atoms with van der Waals surface area (Å²) in [4.78, 5) is 23.8. The van der Waals surface area contributed by atoms with Gasteiger partial charge in [-0.25, -0.2) is 9.37 Å². The number of halogens is 1. The molecule has 0 bridgehead atoms. The average Bonchev–Trinajstić information content (AvgIpc) is 3.31. The van der Waals surface area contributed by atoms with E-state index in [1.165, 1.54) is 23.5 Å². The van der Waals surface area contributed by atoms with Crippen molar-refractivity contribution >= 4 is 33.2 Å². The number of carbonyl (C=O) groups excluding carboxylic acids is 1. The lowest BCUT2D eigenvalue weighted by molar-refractivity contribution is -0.119. The van der Waals surface area contributed by atoms with Crippen LogP contribution in [0.3, 0.4) is 0 Å². The number of likely N-dealkylation sites (N-methyl/N-ethyl adjacent to an activating group) is 1. The van der Waals surface area contributed by atoms with Crippen LogP contribution in [0.15, 0.2) is 48.7 Å². The van der Waals surface area contributed by atoms with Crippen LogP contribution in [0.5, 0.6) is 0 Å². The summed E-state index contributed by atoms with van der Waals surface area (Å²) in [6.07, 6.45) is 1.69. The van der Waals surface area contributed by atoms with Gasteiger partial charge in [-0.3, -0.25) is 9.78 Å². The highest BCUT2D eigenvalue weighted by Gasteiger charge is 2.23. The van der Waals surface area contributed by atoms with Crippen LogP contribution in [0.25, 0.3) is 16.2 Å². The highest BCUT2D eigenvalue weighted by Crippen LogP contribution is 2.34. The number of rotatable bonds is 7. The van der Waals surface area contributed by atoms with E-state index < -0.39 is 0 Å². The van der Waals surface area contributed by atoms with Gasteiger partial charge in [-0.15, -0.1) is 5.10 Å². The highest BCUT2D eigenvalue weighted by atomic mass is 32.1. The van der Waals surface area contributed by atoms with Gasteiger partial charge in [-0.2, -0.15) is 4.52 Å². The number of hydrogen-bond donors (Lipinski definition) is 2. The molecule has 3 heterocycles. The van der Waals surface area contributed by atoms with Gasteiger partial charge in [0.2, 0.25) is 16.0 Å². The van der Waals surface area contributed by atoms with Gasteiger partial charge in [0.15, 0.2) is 5.82 Å². The van der Waals surface area contributed by atoms with Gasteiger partial charge in [-0.05, 0) is 45.0 Å². The highest BCUT2D eigenvalue weighted by molar-refractivity contribution is 7.20. The van der Waals surface area contributed by atoms with Crippen molar-refractivity contribution in [1.29, 1.82) is 0 Å². The molecule has 0 atom stereocenters. The molecule has 0 aliphatic carbocycles. The minimum Gasteiger partial charge on any atom is -0.364 e. The Labute approximate surface area is 195 Å². The topological polar surface area (TPSA) is 87.5 Å². The average molecular weight is 468 g/mol. The van der Waals surface area contributed by atoms with E-state index in [-0.39, 0.29) is 23.8 Å². The van der Waals surface area contributed by atoms with Crippen molar-refractivity contribution in [3.8, 4) is 11.3 Å². The normalized spacial score (nSPS) is 11.5. The first-order valence-corrected chi connectivity index (χ1v) is 11.3. The lowest BCUT2D eigenvalue weighted by Crippen LogP contribution is -2.35. The van der Waals surface area contributed by atoms with Crippen LogP contribution in [-0.4, -0.2) is 44.6 Å². The Balaban J connectivity index is 1.56. The molecular weight excluding hydrogens is 441 g/mol. The summed E-state index contributed by atoms with van der Waals surface area (Å²) in [7, 11) is 1.81. The molecule has 172 valence electrons. The van der Waals surface area contributed by atoms with E-state index in [2.05, 4.69) is 20.7 Å². The number of nitrogens with zero attached hydrogens (tertiary/aromatic N) is 5. The van der Waals surface area contributed by atoms with Gasteiger partial charge >= 0.3 is 0 Å². The summed E-state index contributed by atoms with van der Waals surface area (Å²) >= 11 is 1.36. The molecule has 4 aromatic rings. The first kappa shape index (κ1) is 22.7. The number of nitrogens with one attached hydrogen (secondary N) is 2. The fourth-order valence-corrected chi connectivity index (χ4v) is 4.09. The minimum absolute atomic E-state index is 0.135. The van der Waals surface area contributed by atoms with Crippen molar-refractivity contribution < 1.29 is 9.18 Å². The lowest BCUT2D eigenvalue weighted by Gasteiger charge is -2.22. The second kappa shape index (κ2) is 9.14. The standard InChI is InChI=1S/C23H26FN7OS/c1-23(2,3)28-20-19(15-8-7-9-16(24)12-15)27-21-31(20)29-22(33-21)30(4)14-18(32)26-13-17-10-5-6-11-25-17/h5-12,28H,13-14H2,1-4H3,(H,26,32). The van der Waals surface area contributed by atoms with Crippen molar-refractivity contribution in [3.05, 3.63) is 60.2 Å². The molecule has 3 aromatic heterocycles. The van der Waals surface area contributed by atoms with Gasteiger partial charge in [0.1, 0.15) is 11.5 Å². The largest absolute Gasteiger partial charge is 0.364 e. The number of hydrogen-bond acceptors (Lipinski definition) is 7. The molecule has 4 rings (SSSR count). The van der Waals surface area contributed by atoms with Crippen molar-refractivity contribution in [1.82, 2.24) is 24.9 Å². The smallest absolute Gasteiger partial charge is 0.239 e. The molecule has 8 nitrogen and oxygen atoms in total. The van der Waals surface area contributed by atoms with Crippen LogP contribution >= 0.6 is 11.3 Å². The maximum atomic E-state index is 13.9. The first-order valence-electron chi connectivity index (χ1n) is 10.5. The molecular formula is C23H26FN7OS. The number of carbonyl (C=O) groups is 1. The van der Waals surface area contributed by atoms with E-state index in [9.17, 15) is 9.18 Å². The molecule has 0 saturated heterocycles. The van der Waals surface area contributed by atoms with E-state index in [1.807, 2.05) is 52.1 Å². The van der Waals surface area contributed by atoms with Crippen LogP contribution in [0.2, 0.25) is 0 Å². The van der Waals surface area contributed by atoms with Gasteiger partial charge in [0.25, 0.3) is 0 Å². The Bertz CT molecular complexity index is 1260. The molecule has 0 spiro atoms. The predicted molar refractivity (Wildman–Crippen MR) is 129 cm³/mol. The molecule has 0 aliphatic rings. The van der Waals surface area contributed by atoms with Crippen LogP contribution in [0, 0.1) is 5.82 Å². The van der Waals surface area contributed by atoms with E-state index in [0.29, 0.717) is 33.7 Å². The van der Waals surface area contributed by atoms with Gasteiger partial charge in [0, 0.05) is 24.3 Å². The molecule has 0 fully saturated rings. The summed E-state index contributed by atoms with van der Waals surface area (Å²) in [5, 5.41) is 11.6. The molecule has 0 saturated carbocycles. The maximum absolute atomic E-state index is 13.9. The molecule has 0 radical (unpaired) electrons. The van der Waals surface area contributed by atoms with Crippen LogP contribution in [0.1, 0.15) is 26.5 Å². The van der Waals surface area contributed by atoms with E-state index in [4.69, 9.17) is 4.98 Å². The fraction of sp³-hybridized carbons (Fsp3) is 0.304. The fourth-order valence-electron chi connectivity index (χ4n) is 3.23. The third kappa shape index (κ3) is 5.46. The Morgan fingerprint density at radius 3 is 2.73 bits per heavy atom. The van der Waals surface area contributed by atoms with Gasteiger partial charge in [0.05, 0.1) is 18.8 Å². The third-order valence-corrected chi connectivity index (χ3v) is 5.71. The van der Waals surface area contributed by atoms with Crippen molar-refractivity contribution in [2.24, 2.45) is 0 Å². The lowest BCUT2D eigenvalue weighted by atomic mass is 10.1. The van der Waals surface area contributed by atoms with E-state index in [1.54, 1.807) is 21.7 Å². The SMILES string of the molecule is CN(CC(=O)NCc1ccccn1)c1nn2c(NC(C)(C)C)c(-c3cccc(F)c3)nc2s1. The molecule has 33 heavy (non-hydrogen) atoms. The maximum Gasteiger partial charge on any atom is 0.239 e. The molecule has 0 unspecified atom stereocenters. The van der Waals surface area contributed by atoms with Crippen molar-refractivity contribution in [3.63, 3.8) is 0 Å². The summed E-state index contributed by atoms with van der Waals surface area (Å²) in [6.45, 7) is 6.61. The Kier molecular flexibility index (Phi) is 6.28. The Morgan fingerprint density at radius 2 is 2.03 bits per heavy atom.